The zero-order valence-electron chi connectivity index (χ0n) is 8.28. The van der Waals surface area contributed by atoms with Gasteiger partial charge < -0.3 is 10.3 Å². The van der Waals surface area contributed by atoms with Crippen molar-refractivity contribution in [2.24, 2.45) is 5.73 Å². The van der Waals surface area contributed by atoms with E-state index in [0.717, 1.165) is 0 Å². The summed E-state index contributed by atoms with van der Waals surface area (Å²) in [6.07, 6.45) is 0.547. The molecule has 6 heteroatoms. The van der Waals surface area contributed by atoms with Crippen molar-refractivity contribution in [1.29, 1.82) is 0 Å². The van der Waals surface area contributed by atoms with Crippen LogP contribution in [0.4, 0.5) is 0 Å². The third-order valence-corrected chi connectivity index (χ3v) is 2.56. The molecule has 1 aromatic carbocycles. The first-order valence-electron chi connectivity index (χ1n) is 4.69. The number of hydrogen-bond acceptors (Lipinski definition) is 4. The summed E-state index contributed by atoms with van der Waals surface area (Å²) in [6.45, 7) is 0.463. The van der Waals surface area contributed by atoms with Crippen molar-refractivity contribution < 1.29 is 4.52 Å². The molecule has 4 nitrogen and oxygen atoms in total. The van der Waals surface area contributed by atoms with Crippen molar-refractivity contribution in [3.63, 3.8) is 0 Å². The molecule has 1 aromatic heterocycles. The first kappa shape index (κ1) is 11.4. The Labute approximate surface area is 102 Å². The van der Waals surface area contributed by atoms with Gasteiger partial charge in [-0.2, -0.15) is 4.98 Å². The zero-order valence-corrected chi connectivity index (χ0v) is 9.79. The van der Waals surface area contributed by atoms with Crippen molar-refractivity contribution in [3.8, 4) is 11.4 Å². The molecule has 0 unspecified atom stereocenters. The first-order chi connectivity index (χ1) is 7.70. The minimum Gasteiger partial charge on any atom is -0.339 e. The lowest BCUT2D eigenvalue weighted by molar-refractivity contribution is 0.380. The van der Waals surface area contributed by atoms with Crippen LogP contribution in [-0.4, -0.2) is 16.7 Å². The molecule has 0 aliphatic rings. The minimum absolute atomic E-state index is 0.427. The van der Waals surface area contributed by atoms with Gasteiger partial charge in [0.05, 0.1) is 5.02 Å². The van der Waals surface area contributed by atoms with E-state index in [2.05, 4.69) is 10.1 Å². The molecule has 0 saturated carbocycles. The highest BCUT2D eigenvalue weighted by atomic mass is 35.5. The fraction of sp³-hybridized carbons (Fsp3) is 0.200. The summed E-state index contributed by atoms with van der Waals surface area (Å²) in [7, 11) is 0. The Kier molecular flexibility index (Phi) is 3.43. The fourth-order valence-corrected chi connectivity index (χ4v) is 1.63. The van der Waals surface area contributed by atoms with Gasteiger partial charge >= 0.3 is 0 Å². The third kappa shape index (κ3) is 2.35. The third-order valence-electron chi connectivity index (χ3n) is 2.00. The van der Waals surface area contributed by atoms with Gasteiger partial charge in [-0.05, 0) is 18.2 Å². The smallest absolute Gasteiger partial charge is 0.228 e. The molecule has 16 heavy (non-hydrogen) atoms. The van der Waals surface area contributed by atoms with E-state index in [1.54, 1.807) is 18.2 Å². The lowest BCUT2D eigenvalue weighted by atomic mass is 10.2. The zero-order chi connectivity index (χ0) is 11.5. The number of nitrogens with zero attached hydrogens (tertiary/aromatic N) is 2. The normalized spacial score (nSPS) is 10.7. The Morgan fingerprint density at radius 1 is 1.31 bits per heavy atom. The molecule has 0 aliphatic heterocycles. The number of halogens is 2. The Balaban J connectivity index is 2.38. The molecule has 0 radical (unpaired) electrons. The Morgan fingerprint density at radius 2 is 2.12 bits per heavy atom. The number of benzene rings is 1. The van der Waals surface area contributed by atoms with Gasteiger partial charge in [0.15, 0.2) is 0 Å². The first-order valence-corrected chi connectivity index (χ1v) is 5.44. The second-order valence-corrected chi connectivity index (χ2v) is 4.02. The van der Waals surface area contributed by atoms with E-state index in [1.807, 2.05) is 0 Å². The standard InChI is InChI=1S/C10H9Cl2N3O/c11-6-1-2-8(12)7(5-6)10-14-9(3-4-13)16-15-10/h1-2,5H,3-4,13H2. The van der Waals surface area contributed by atoms with Crippen LogP contribution in [0.15, 0.2) is 22.7 Å². The Bertz CT molecular complexity index is 499. The number of rotatable bonds is 3. The summed E-state index contributed by atoms with van der Waals surface area (Å²) in [4.78, 5) is 4.17. The lowest BCUT2D eigenvalue weighted by Crippen LogP contribution is -2.02. The maximum Gasteiger partial charge on any atom is 0.228 e. The van der Waals surface area contributed by atoms with E-state index in [0.29, 0.717) is 40.3 Å². The largest absolute Gasteiger partial charge is 0.339 e. The van der Waals surface area contributed by atoms with E-state index < -0.39 is 0 Å². The van der Waals surface area contributed by atoms with Crippen LogP contribution in [-0.2, 0) is 6.42 Å². The van der Waals surface area contributed by atoms with Crippen LogP contribution in [0.25, 0.3) is 11.4 Å². The Hall–Kier alpha value is -1.10. The van der Waals surface area contributed by atoms with Gasteiger partial charge in [-0.1, -0.05) is 28.4 Å². The second kappa shape index (κ2) is 4.82. The highest BCUT2D eigenvalue weighted by Crippen LogP contribution is 2.28. The summed E-state index contributed by atoms with van der Waals surface area (Å²) >= 11 is 11.9. The van der Waals surface area contributed by atoms with Crippen molar-refractivity contribution in [1.82, 2.24) is 10.1 Å². The van der Waals surface area contributed by atoms with Crippen LogP contribution in [0.3, 0.4) is 0 Å². The molecule has 0 atom stereocenters. The lowest BCUT2D eigenvalue weighted by Gasteiger charge is -1.98. The predicted molar refractivity (Wildman–Crippen MR) is 62.5 cm³/mol. The van der Waals surface area contributed by atoms with E-state index in [-0.39, 0.29) is 0 Å². The number of nitrogens with two attached hydrogens (primary N) is 1. The quantitative estimate of drug-likeness (QED) is 0.918. The molecule has 0 bridgehead atoms. The summed E-state index contributed by atoms with van der Waals surface area (Å²) in [5, 5.41) is 4.93. The SMILES string of the molecule is NCCc1nc(-c2cc(Cl)ccc2Cl)no1. The van der Waals surface area contributed by atoms with Gasteiger partial charge in [0.2, 0.25) is 11.7 Å². The molecule has 0 spiro atoms. The summed E-state index contributed by atoms with van der Waals surface area (Å²) < 4.78 is 5.01. The monoisotopic (exact) mass is 257 g/mol. The maximum atomic E-state index is 6.01. The topological polar surface area (TPSA) is 64.9 Å². The summed E-state index contributed by atoms with van der Waals surface area (Å²) in [5.41, 5.74) is 6.04. The van der Waals surface area contributed by atoms with E-state index in [1.165, 1.54) is 0 Å². The van der Waals surface area contributed by atoms with Crippen molar-refractivity contribution in [2.45, 2.75) is 6.42 Å². The molecule has 2 rings (SSSR count). The average Bonchev–Trinajstić information content (AvgIpc) is 2.71. The Morgan fingerprint density at radius 3 is 2.88 bits per heavy atom. The molecule has 2 aromatic rings. The van der Waals surface area contributed by atoms with E-state index in [4.69, 9.17) is 33.5 Å². The van der Waals surface area contributed by atoms with Gasteiger partial charge in [0.25, 0.3) is 0 Å². The van der Waals surface area contributed by atoms with E-state index in [9.17, 15) is 0 Å². The molecular weight excluding hydrogens is 249 g/mol. The van der Waals surface area contributed by atoms with Crippen molar-refractivity contribution in [2.75, 3.05) is 6.54 Å². The van der Waals surface area contributed by atoms with Crippen LogP contribution in [0.5, 0.6) is 0 Å². The van der Waals surface area contributed by atoms with Gasteiger partial charge in [-0.3, -0.25) is 0 Å². The summed E-state index contributed by atoms with van der Waals surface area (Å²) in [6, 6.07) is 5.09. The molecular formula is C10H9Cl2N3O. The highest BCUT2D eigenvalue weighted by Gasteiger charge is 2.11. The molecule has 0 aliphatic carbocycles. The van der Waals surface area contributed by atoms with Crippen molar-refractivity contribution in [3.05, 3.63) is 34.1 Å². The minimum atomic E-state index is 0.427. The molecule has 84 valence electrons. The molecule has 1 heterocycles. The number of aromatic nitrogens is 2. The van der Waals surface area contributed by atoms with Gasteiger partial charge in [0, 0.05) is 23.6 Å². The molecule has 0 fully saturated rings. The predicted octanol–water partition coefficient (Wildman–Crippen LogP) is 2.54. The van der Waals surface area contributed by atoms with Gasteiger partial charge in [-0.25, -0.2) is 0 Å². The second-order valence-electron chi connectivity index (χ2n) is 3.17. The summed E-state index contributed by atoms with van der Waals surface area (Å²) in [5.74, 6) is 0.921. The number of hydrogen-bond donors (Lipinski definition) is 1. The van der Waals surface area contributed by atoms with Gasteiger partial charge in [0.1, 0.15) is 0 Å². The molecule has 0 saturated heterocycles. The van der Waals surface area contributed by atoms with Crippen LogP contribution >= 0.6 is 23.2 Å². The van der Waals surface area contributed by atoms with Crippen LogP contribution in [0, 0.1) is 0 Å². The van der Waals surface area contributed by atoms with Crippen LogP contribution in [0.2, 0.25) is 10.0 Å². The van der Waals surface area contributed by atoms with E-state index >= 15 is 0 Å². The molecule has 0 amide bonds. The molecule has 2 N–H and O–H groups in total. The van der Waals surface area contributed by atoms with Crippen LogP contribution in [0.1, 0.15) is 5.89 Å². The average molecular weight is 258 g/mol. The van der Waals surface area contributed by atoms with Gasteiger partial charge in [-0.15, -0.1) is 0 Å². The highest BCUT2D eigenvalue weighted by molar-refractivity contribution is 6.35. The maximum absolute atomic E-state index is 6.01. The van der Waals surface area contributed by atoms with Crippen LogP contribution < -0.4 is 5.73 Å². The fourth-order valence-electron chi connectivity index (χ4n) is 1.26. The van der Waals surface area contributed by atoms with Crippen molar-refractivity contribution >= 4 is 23.2 Å².